The van der Waals surface area contributed by atoms with Crippen LogP contribution in [0.4, 0.5) is 13.2 Å². The van der Waals surface area contributed by atoms with Crippen LogP contribution in [0.25, 0.3) is 0 Å². The van der Waals surface area contributed by atoms with Crippen molar-refractivity contribution in [3.05, 3.63) is 48.0 Å². The summed E-state index contributed by atoms with van der Waals surface area (Å²) in [6.45, 7) is 0. The van der Waals surface area contributed by atoms with E-state index >= 15 is 0 Å². The van der Waals surface area contributed by atoms with Crippen molar-refractivity contribution in [3.63, 3.8) is 0 Å². The summed E-state index contributed by atoms with van der Waals surface area (Å²) in [5.74, 6) is -0.644. The van der Waals surface area contributed by atoms with Crippen molar-refractivity contribution in [3.8, 4) is 0 Å². The van der Waals surface area contributed by atoms with Crippen molar-refractivity contribution in [2.24, 2.45) is 0 Å². The summed E-state index contributed by atoms with van der Waals surface area (Å²) in [5, 5.41) is 8.42. The molecule has 0 saturated heterocycles. The first-order valence-corrected chi connectivity index (χ1v) is 6.70. The number of rotatable bonds is 6. The van der Waals surface area contributed by atoms with Gasteiger partial charge in [-0.15, -0.1) is 0 Å². The number of amides is 1. The van der Waals surface area contributed by atoms with Gasteiger partial charge >= 0.3 is 6.18 Å². The number of H-pyrrole nitrogens is 1. The number of carbonyl (C=O) groups excluding carboxylic acids is 1. The number of pyridine rings is 1. The van der Waals surface area contributed by atoms with E-state index in [0.29, 0.717) is 12.8 Å². The Morgan fingerprint density at radius 1 is 1.36 bits per heavy atom. The molecule has 0 saturated carbocycles. The van der Waals surface area contributed by atoms with E-state index in [1.165, 1.54) is 18.3 Å². The van der Waals surface area contributed by atoms with Gasteiger partial charge in [0.05, 0.1) is 6.20 Å². The smallest absolute Gasteiger partial charge is 0.341 e. The van der Waals surface area contributed by atoms with Crippen LogP contribution in [-0.2, 0) is 11.2 Å². The van der Waals surface area contributed by atoms with Gasteiger partial charge in [-0.05, 0) is 24.5 Å². The fourth-order valence-corrected chi connectivity index (χ4v) is 2.00. The maximum absolute atomic E-state index is 13.1. The minimum Gasteiger partial charge on any atom is -0.341 e. The van der Waals surface area contributed by atoms with Gasteiger partial charge in [0.15, 0.2) is 6.04 Å². The Morgan fingerprint density at radius 2 is 2.18 bits per heavy atom. The molecule has 22 heavy (non-hydrogen) atoms. The molecule has 8 heteroatoms. The second kappa shape index (κ2) is 7.06. The van der Waals surface area contributed by atoms with Gasteiger partial charge in [-0.3, -0.25) is 14.9 Å². The van der Waals surface area contributed by atoms with Gasteiger partial charge in [0.25, 0.3) is 0 Å². The summed E-state index contributed by atoms with van der Waals surface area (Å²) >= 11 is 0. The molecule has 0 aliphatic rings. The minimum absolute atomic E-state index is 0.0119. The zero-order chi connectivity index (χ0) is 16.0. The lowest BCUT2D eigenvalue weighted by Gasteiger charge is -2.21. The summed E-state index contributed by atoms with van der Waals surface area (Å²) < 4.78 is 39.2. The molecule has 1 unspecified atom stereocenters. The number of hydrogen-bond acceptors (Lipinski definition) is 3. The standard InChI is InChI=1S/C14H15F3N4O/c15-14(16,17)13(11-4-2-6-18-9-11)21-12(22)5-1-3-10-7-19-20-8-10/h2,4,6-9,13H,1,3,5H2,(H,19,20)(H,21,22). The molecule has 2 heterocycles. The third-order valence-electron chi connectivity index (χ3n) is 3.07. The van der Waals surface area contributed by atoms with E-state index in [1.54, 1.807) is 12.4 Å². The molecule has 0 aliphatic carbocycles. The van der Waals surface area contributed by atoms with E-state index in [1.807, 2.05) is 5.32 Å². The molecule has 5 nitrogen and oxygen atoms in total. The first-order chi connectivity index (χ1) is 10.5. The summed E-state index contributed by atoms with van der Waals surface area (Å²) in [4.78, 5) is 15.4. The normalized spacial score (nSPS) is 12.9. The number of halogens is 3. The predicted molar refractivity (Wildman–Crippen MR) is 72.7 cm³/mol. The van der Waals surface area contributed by atoms with Crippen LogP contribution in [0.1, 0.15) is 30.0 Å². The van der Waals surface area contributed by atoms with Gasteiger partial charge < -0.3 is 5.32 Å². The van der Waals surface area contributed by atoms with Crippen LogP contribution in [0.15, 0.2) is 36.9 Å². The van der Waals surface area contributed by atoms with Crippen molar-refractivity contribution in [2.45, 2.75) is 31.5 Å². The summed E-state index contributed by atoms with van der Waals surface area (Å²) in [5.41, 5.74) is 0.825. The van der Waals surface area contributed by atoms with Gasteiger partial charge in [-0.1, -0.05) is 6.07 Å². The maximum Gasteiger partial charge on any atom is 0.412 e. The van der Waals surface area contributed by atoms with Crippen LogP contribution in [-0.4, -0.2) is 27.3 Å². The second-order valence-corrected chi connectivity index (χ2v) is 4.79. The summed E-state index contributed by atoms with van der Waals surface area (Å²) in [6.07, 6.45) is 2.25. The highest BCUT2D eigenvalue weighted by Crippen LogP contribution is 2.32. The third kappa shape index (κ3) is 4.57. The Kier molecular flexibility index (Phi) is 5.13. The molecule has 118 valence electrons. The van der Waals surface area contributed by atoms with E-state index in [4.69, 9.17) is 0 Å². The van der Waals surface area contributed by atoms with E-state index < -0.39 is 18.1 Å². The van der Waals surface area contributed by atoms with Crippen LogP contribution >= 0.6 is 0 Å². The van der Waals surface area contributed by atoms with Gasteiger partial charge in [0, 0.05) is 30.6 Å². The Balaban J connectivity index is 1.91. The SMILES string of the molecule is O=C(CCCc1cn[nH]c1)NC(c1cccnc1)C(F)(F)F. The molecule has 0 spiro atoms. The van der Waals surface area contributed by atoms with Crippen molar-refractivity contribution in [2.75, 3.05) is 0 Å². The molecule has 0 bridgehead atoms. The van der Waals surface area contributed by atoms with Crippen molar-refractivity contribution in [1.29, 1.82) is 0 Å². The zero-order valence-corrected chi connectivity index (χ0v) is 11.6. The van der Waals surface area contributed by atoms with Crippen LogP contribution in [0.2, 0.25) is 0 Å². The molecule has 2 aromatic rings. The molecule has 2 N–H and O–H groups in total. The molecule has 2 rings (SSSR count). The number of alkyl halides is 3. The quantitative estimate of drug-likeness (QED) is 0.861. The average molecular weight is 312 g/mol. The first kappa shape index (κ1) is 16.0. The van der Waals surface area contributed by atoms with E-state index in [9.17, 15) is 18.0 Å². The lowest BCUT2D eigenvalue weighted by molar-refractivity contribution is -0.163. The number of carbonyl (C=O) groups is 1. The molecule has 0 radical (unpaired) electrons. The Morgan fingerprint density at radius 3 is 2.77 bits per heavy atom. The van der Waals surface area contributed by atoms with Crippen LogP contribution in [0, 0.1) is 0 Å². The Bertz CT molecular complexity index is 584. The molecule has 0 aromatic carbocycles. The topological polar surface area (TPSA) is 70.7 Å². The van der Waals surface area contributed by atoms with Gasteiger partial charge in [0.1, 0.15) is 0 Å². The monoisotopic (exact) mass is 312 g/mol. The van der Waals surface area contributed by atoms with Gasteiger partial charge in [-0.25, -0.2) is 0 Å². The van der Waals surface area contributed by atoms with Crippen LogP contribution in [0.5, 0.6) is 0 Å². The number of aryl methyl sites for hydroxylation is 1. The molecule has 0 fully saturated rings. The average Bonchev–Trinajstić information content (AvgIpc) is 2.98. The number of nitrogens with zero attached hydrogens (tertiary/aromatic N) is 2. The number of nitrogens with one attached hydrogen (secondary N) is 2. The van der Waals surface area contributed by atoms with Crippen LogP contribution in [0.3, 0.4) is 0 Å². The molecule has 0 aliphatic heterocycles. The van der Waals surface area contributed by atoms with E-state index in [-0.39, 0.29) is 12.0 Å². The van der Waals surface area contributed by atoms with Crippen molar-refractivity contribution in [1.82, 2.24) is 20.5 Å². The first-order valence-electron chi connectivity index (χ1n) is 6.70. The Hall–Kier alpha value is -2.38. The molecular formula is C14H15F3N4O. The highest BCUT2D eigenvalue weighted by atomic mass is 19.4. The largest absolute Gasteiger partial charge is 0.412 e. The molecule has 2 aromatic heterocycles. The van der Waals surface area contributed by atoms with E-state index in [2.05, 4.69) is 15.2 Å². The number of hydrogen-bond donors (Lipinski definition) is 2. The second-order valence-electron chi connectivity index (χ2n) is 4.79. The summed E-state index contributed by atoms with van der Waals surface area (Å²) in [7, 11) is 0. The Labute approximate surface area is 125 Å². The van der Waals surface area contributed by atoms with Gasteiger partial charge in [-0.2, -0.15) is 18.3 Å². The van der Waals surface area contributed by atoms with Gasteiger partial charge in [0.2, 0.25) is 5.91 Å². The predicted octanol–water partition coefficient (Wildman–Crippen LogP) is 2.55. The molecular weight excluding hydrogens is 297 g/mol. The van der Waals surface area contributed by atoms with Crippen molar-refractivity contribution < 1.29 is 18.0 Å². The fourth-order valence-electron chi connectivity index (χ4n) is 2.00. The minimum atomic E-state index is -4.57. The van der Waals surface area contributed by atoms with Crippen molar-refractivity contribution >= 4 is 5.91 Å². The lowest BCUT2D eigenvalue weighted by Crippen LogP contribution is -2.38. The fraction of sp³-hybridized carbons (Fsp3) is 0.357. The zero-order valence-electron chi connectivity index (χ0n) is 11.6. The highest BCUT2D eigenvalue weighted by Gasteiger charge is 2.41. The number of aromatic nitrogens is 3. The number of aromatic amines is 1. The third-order valence-corrected chi connectivity index (χ3v) is 3.07. The molecule has 1 atom stereocenters. The molecule has 1 amide bonds. The lowest BCUT2D eigenvalue weighted by atomic mass is 10.1. The summed E-state index contributed by atoms with van der Waals surface area (Å²) in [6, 6.07) is 0.651. The maximum atomic E-state index is 13.1. The van der Waals surface area contributed by atoms with Crippen LogP contribution < -0.4 is 5.32 Å². The van der Waals surface area contributed by atoms with E-state index in [0.717, 1.165) is 11.8 Å². The highest BCUT2D eigenvalue weighted by molar-refractivity contribution is 5.76.